The van der Waals surface area contributed by atoms with Crippen molar-refractivity contribution in [1.82, 2.24) is 9.61 Å². The number of rotatable bonds is 3. The predicted octanol–water partition coefficient (Wildman–Crippen LogP) is 2.49. The van der Waals surface area contributed by atoms with E-state index >= 15 is 0 Å². The summed E-state index contributed by atoms with van der Waals surface area (Å²) in [5.74, 6) is -0.169. The number of aromatic nitrogens is 2. The van der Waals surface area contributed by atoms with Crippen LogP contribution >= 0.6 is 0 Å². The first-order chi connectivity index (χ1) is 8.56. The summed E-state index contributed by atoms with van der Waals surface area (Å²) in [6.45, 7) is 5.44. The van der Waals surface area contributed by atoms with Gasteiger partial charge in [0.2, 0.25) is 5.78 Å². The van der Waals surface area contributed by atoms with Gasteiger partial charge in [-0.1, -0.05) is 25.1 Å². The first-order valence-electron chi connectivity index (χ1n) is 5.77. The highest BCUT2D eigenvalue weighted by molar-refractivity contribution is 6.46. The van der Waals surface area contributed by atoms with Gasteiger partial charge < -0.3 is 5.21 Å². The molecule has 2 rings (SSSR count). The highest BCUT2D eigenvalue weighted by Crippen LogP contribution is 2.23. The second-order valence-electron chi connectivity index (χ2n) is 4.46. The molecule has 0 fully saturated rings. The second kappa shape index (κ2) is 4.60. The molecule has 0 aliphatic heterocycles. The van der Waals surface area contributed by atoms with Crippen LogP contribution in [0.2, 0.25) is 0 Å². The van der Waals surface area contributed by atoms with Crippen LogP contribution in [0.4, 0.5) is 0 Å². The van der Waals surface area contributed by atoms with E-state index in [1.165, 1.54) is 6.92 Å². The standard InChI is InChI=1S/C13H15N3O2/c1-8(2)12-11(13(17)9(3)15-18)10-6-4-5-7-16(10)14-12/h4-8,18H,1-3H3/b15-9-. The maximum Gasteiger partial charge on any atom is 0.214 e. The lowest BCUT2D eigenvalue weighted by molar-refractivity contribution is 0.106. The van der Waals surface area contributed by atoms with Crippen LogP contribution < -0.4 is 0 Å². The Kier molecular flexibility index (Phi) is 3.14. The van der Waals surface area contributed by atoms with E-state index in [9.17, 15) is 4.79 Å². The highest BCUT2D eigenvalue weighted by atomic mass is 16.4. The van der Waals surface area contributed by atoms with Crippen molar-refractivity contribution in [3.05, 3.63) is 35.7 Å². The van der Waals surface area contributed by atoms with Gasteiger partial charge >= 0.3 is 0 Å². The van der Waals surface area contributed by atoms with E-state index in [0.717, 1.165) is 5.52 Å². The largest absolute Gasteiger partial charge is 0.411 e. The third kappa shape index (κ3) is 1.88. The zero-order valence-corrected chi connectivity index (χ0v) is 10.6. The summed E-state index contributed by atoms with van der Waals surface area (Å²) in [7, 11) is 0. The molecular weight excluding hydrogens is 230 g/mol. The molecule has 0 atom stereocenters. The molecule has 0 amide bonds. The molecule has 94 valence electrons. The number of nitrogens with zero attached hydrogens (tertiary/aromatic N) is 3. The predicted molar refractivity (Wildman–Crippen MR) is 68.5 cm³/mol. The van der Waals surface area contributed by atoms with E-state index in [1.54, 1.807) is 10.7 Å². The Bertz CT molecular complexity index is 626. The lowest BCUT2D eigenvalue weighted by atomic mass is 9.99. The molecule has 0 aliphatic rings. The number of oxime groups is 1. The Morgan fingerprint density at radius 2 is 2.17 bits per heavy atom. The third-order valence-electron chi connectivity index (χ3n) is 2.82. The number of pyridine rings is 1. The molecule has 0 unspecified atom stereocenters. The Morgan fingerprint density at radius 1 is 1.44 bits per heavy atom. The van der Waals surface area contributed by atoms with Crippen LogP contribution in [0.3, 0.4) is 0 Å². The van der Waals surface area contributed by atoms with E-state index in [-0.39, 0.29) is 17.4 Å². The lowest BCUT2D eigenvalue weighted by Gasteiger charge is -2.03. The first kappa shape index (κ1) is 12.3. The molecule has 2 aromatic rings. The van der Waals surface area contributed by atoms with Crippen molar-refractivity contribution in [2.24, 2.45) is 5.16 Å². The van der Waals surface area contributed by atoms with E-state index in [1.807, 2.05) is 32.0 Å². The van der Waals surface area contributed by atoms with Gasteiger partial charge in [-0.3, -0.25) is 4.79 Å². The normalized spacial score (nSPS) is 12.3. The summed E-state index contributed by atoms with van der Waals surface area (Å²) in [6.07, 6.45) is 1.80. The molecule has 0 aromatic carbocycles. The molecule has 0 aliphatic carbocycles. The third-order valence-corrected chi connectivity index (χ3v) is 2.82. The smallest absolute Gasteiger partial charge is 0.214 e. The minimum atomic E-state index is -0.289. The molecule has 5 nitrogen and oxygen atoms in total. The fourth-order valence-electron chi connectivity index (χ4n) is 1.88. The number of carbonyl (C=O) groups excluding carboxylic acids is 1. The van der Waals surface area contributed by atoms with Crippen molar-refractivity contribution >= 4 is 17.0 Å². The molecule has 0 spiro atoms. The summed E-state index contributed by atoms with van der Waals surface area (Å²) < 4.78 is 1.67. The first-order valence-corrected chi connectivity index (χ1v) is 5.77. The molecule has 5 heteroatoms. The van der Waals surface area contributed by atoms with Crippen LogP contribution in [0.15, 0.2) is 29.6 Å². The van der Waals surface area contributed by atoms with Gasteiger partial charge in [-0.2, -0.15) is 5.10 Å². The molecule has 0 saturated heterocycles. The minimum Gasteiger partial charge on any atom is -0.411 e. The minimum absolute atomic E-state index is 0.0654. The van der Waals surface area contributed by atoms with Crippen molar-refractivity contribution < 1.29 is 10.0 Å². The fraction of sp³-hybridized carbons (Fsp3) is 0.308. The maximum atomic E-state index is 12.2. The van der Waals surface area contributed by atoms with E-state index in [2.05, 4.69) is 10.3 Å². The Balaban J connectivity index is 2.73. The van der Waals surface area contributed by atoms with E-state index in [4.69, 9.17) is 5.21 Å². The van der Waals surface area contributed by atoms with Gasteiger partial charge in [0, 0.05) is 6.20 Å². The molecule has 0 radical (unpaired) electrons. The van der Waals surface area contributed by atoms with Gasteiger partial charge in [0.25, 0.3) is 0 Å². The van der Waals surface area contributed by atoms with Crippen molar-refractivity contribution in [2.75, 3.05) is 0 Å². The van der Waals surface area contributed by atoms with Gasteiger partial charge in [0.1, 0.15) is 5.71 Å². The van der Waals surface area contributed by atoms with E-state index < -0.39 is 0 Å². The average molecular weight is 245 g/mol. The number of hydrogen-bond acceptors (Lipinski definition) is 4. The summed E-state index contributed by atoms with van der Waals surface area (Å²) in [5.41, 5.74) is 2.03. The summed E-state index contributed by atoms with van der Waals surface area (Å²) in [4.78, 5) is 12.2. The molecule has 2 heterocycles. The van der Waals surface area contributed by atoms with Crippen LogP contribution in [0.25, 0.3) is 5.52 Å². The average Bonchev–Trinajstić information content (AvgIpc) is 2.76. The SMILES string of the molecule is C/C(=N/O)C(=O)c1c(C(C)C)nn2ccccc12. The molecule has 1 N–H and O–H groups in total. The van der Waals surface area contributed by atoms with Crippen molar-refractivity contribution in [1.29, 1.82) is 0 Å². The quantitative estimate of drug-likeness (QED) is 0.391. The molecule has 2 aromatic heterocycles. The Hall–Kier alpha value is -2.17. The summed E-state index contributed by atoms with van der Waals surface area (Å²) in [5, 5.41) is 16.1. The van der Waals surface area contributed by atoms with Gasteiger partial charge in [0.05, 0.1) is 16.8 Å². The Morgan fingerprint density at radius 3 is 2.78 bits per heavy atom. The Labute approximate surface area is 105 Å². The van der Waals surface area contributed by atoms with Crippen LogP contribution in [0, 0.1) is 0 Å². The van der Waals surface area contributed by atoms with Crippen molar-refractivity contribution in [2.45, 2.75) is 26.7 Å². The van der Waals surface area contributed by atoms with Crippen LogP contribution in [-0.2, 0) is 0 Å². The van der Waals surface area contributed by atoms with E-state index in [0.29, 0.717) is 11.3 Å². The number of ketones is 1. The van der Waals surface area contributed by atoms with Gasteiger partial charge in [-0.25, -0.2) is 4.52 Å². The maximum absolute atomic E-state index is 12.2. The van der Waals surface area contributed by atoms with Gasteiger partial charge in [-0.05, 0) is 25.0 Å². The highest BCUT2D eigenvalue weighted by Gasteiger charge is 2.23. The number of hydrogen-bond donors (Lipinski definition) is 1. The topological polar surface area (TPSA) is 67.0 Å². The summed E-state index contributed by atoms with van der Waals surface area (Å²) >= 11 is 0. The van der Waals surface area contributed by atoms with Crippen molar-refractivity contribution in [3.8, 4) is 0 Å². The summed E-state index contributed by atoms with van der Waals surface area (Å²) in [6, 6.07) is 5.53. The zero-order valence-electron chi connectivity index (χ0n) is 10.6. The molecule has 0 bridgehead atoms. The van der Waals surface area contributed by atoms with Crippen LogP contribution in [0.5, 0.6) is 0 Å². The number of Topliss-reactive ketones (excluding diaryl/α,β-unsaturated/α-hetero) is 1. The monoisotopic (exact) mass is 245 g/mol. The fourth-order valence-corrected chi connectivity index (χ4v) is 1.88. The van der Waals surface area contributed by atoms with Gasteiger partial charge in [-0.15, -0.1) is 0 Å². The van der Waals surface area contributed by atoms with Gasteiger partial charge in [0.15, 0.2) is 0 Å². The number of carbonyl (C=O) groups is 1. The van der Waals surface area contributed by atoms with Crippen LogP contribution in [0.1, 0.15) is 42.7 Å². The zero-order chi connectivity index (χ0) is 13.3. The molecule has 0 saturated carbocycles. The molecular formula is C13H15N3O2. The number of fused-ring (bicyclic) bond motifs is 1. The van der Waals surface area contributed by atoms with Crippen LogP contribution in [-0.4, -0.2) is 26.3 Å². The second-order valence-corrected chi connectivity index (χ2v) is 4.46. The molecule has 18 heavy (non-hydrogen) atoms. The lowest BCUT2D eigenvalue weighted by Crippen LogP contribution is -2.13. The van der Waals surface area contributed by atoms with Crippen molar-refractivity contribution in [3.63, 3.8) is 0 Å².